The number of aliphatic carboxylic acids is 1. The summed E-state index contributed by atoms with van der Waals surface area (Å²) in [7, 11) is 0. The molecule has 1 atom stereocenters. The molecule has 1 unspecified atom stereocenters. The fraction of sp³-hybridized carbons (Fsp3) is 0.857. The summed E-state index contributed by atoms with van der Waals surface area (Å²) < 4.78 is 0. The van der Waals surface area contributed by atoms with Gasteiger partial charge in [0.2, 0.25) is 5.91 Å². The number of hydrogen-bond acceptors (Lipinski definition) is 3. The highest BCUT2D eigenvalue weighted by molar-refractivity contribution is 5.81. The molecule has 108 valence electrons. The molecule has 1 saturated carbocycles. The number of piperidine rings is 1. The quantitative estimate of drug-likeness (QED) is 0.756. The first-order valence-corrected chi connectivity index (χ1v) is 7.29. The van der Waals surface area contributed by atoms with Crippen LogP contribution in [0.15, 0.2) is 0 Å². The second-order valence-corrected chi connectivity index (χ2v) is 5.93. The normalized spacial score (nSPS) is 27.3. The summed E-state index contributed by atoms with van der Waals surface area (Å²) in [4.78, 5) is 25.3. The van der Waals surface area contributed by atoms with Crippen LogP contribution in [0.2, 0.25) is 0 Å². The molecule has 2 rings (SSSR count). The van der Waals surface area contributed by atoms with Crippen molar-refractivity contribution in [1.82, 2.24) is 10.2 Å². The summed E-state index contributed by atoms with van der Waals surface area (Å²) in [5.74, 6) is 0.0285. The molecule has 0 bridgehead atoms. The van der Waals surface area contributed by atoms with E-state index in [1.807, 2.05) is 6.92 Å². The average Bonchev–Trinajstić information content (AvgIpc) is 3.22. The molecule has 1 aliphatic carbocycles. The summed E-state index contributed by atoms with van der Waals surface area (Å²) in [5.41, 5.74) is -0.732. The van der Waals surface area contributed by atoms with Gasteiger partial charge in [-0.2, -0.15) is 0 Å². The molecule has 2 fully saturated rings. The van der Waals surface area contributed by atoms with Gasteiger partial charge in [-0.1, -0.05) is 6.92 Å². The minimum Gasteiger partial charge on any atom is -0.481 e. The minimum atomic E-state index is -0.765. The minimum absolute atomic E-state index is 0.0411. The number of carboxylic acid groups (broad SMARTS) is 1. The van der Waals surface area contributed by atoms with Gasteiger partial charge in [0.15, 0.2) is 0 Å². The van der Waals surface area contributed by atoms with E-state index in [4.69, 9.17) is 0 Å². The van der Waals surface area contributed by atoms with Crippen molar-refractivity contribution in [3.8, 4) is 0 Å². The zero-order chi connectivity index (χ0) is 13.9. The molecule has 1 aliphatic heterocycles. The van der Waals surface area contributed by atoms with Gasteiger partial charge in [-0.3, -0.25) is 9.59 Å². The first kappa shape index (κ1) is 14.3. The van der Waals surface area contributed by atoms with E-state index in [9.17, 15) is 14.7 Å². The Morgan fingerprint density at radius 3 is 2.74 bits per heavy atom. The summed E-state index contributed by atoms with van der Waals surface area (Å²) in [6.45, 7) is 4.21. The van der Waals surface area contributed by atoms with E-state index in [1.165, 1.54) is 12.8 Å². The van der Waals surface area contributed by atoms with Crippen molar-refractivity contribution in [2.24, 2.45) is 11.3 Å². The molecule has 5 heteroatoms. The van der Waals surface area contributed by atoms with Crippen molar-refractivity contribution < 1.29 is 14.7 Å². The predicted octanol–water partition coefficient (Wildman–Crippen LogP) is 1.09. The second-order valence-electron chi connectivity index (χ2n) is 5.93. The number of carbonyl (C=O) groups excluding carboxylic acids is 1. The van der Waals surface area contributed by atoms with E-state index in [0.717, 1.165) is 18.9 Å². The first-order valence-electron chi connectivity index (χ1n) is 7.29. The van der Waals surface area contributed by atoms with Gasteiger partial charge in [0.25, 0.3) is 0 Å². The lowest BCUT2D eigenvalue weighted by atomic mass is 9.77. The monoisotopic (exact) mass is 268 g/mol. The number of nitrogens with one attached hydrogen (secondary N) is 1. The van der Waals surface area contributed by atoms with Crippen LogP contribution in [0, 0.1) is 11.3 Å². The summed E-state index contributed by atoms with van der Waals surface area (Å²) in [6, 6.07) is 0. The molecular weight excluding hydrogens is 244 g/mol. The summed E-state index contributed by atoms with van der Waals surface area (Å²) >= 11 is 0. The van der Waals surface area contributed by atoms with Crippen LogP contribution in [-0.4, -0.2) is 48.1 Å². The molecule has 19 heavy (non-hydrogen) atoms. The van der Waals surface area contributed by atoms with E-state index < -0.39 is 11.4 Å². The van der Waals surface area contributed by atoms with Crippen LogP contribution in [0.5, 0.6) is 0 Å². The van der Waals surface area contributed by atoms with E-state index >= 15 is 0 Å². The van der Waals surface area contributed by atoms with Gasteiger partial charge in [-0.15, -0.1) is 0 Å². The summed E-state index contributed by atoms with van der Waals surface area (Å²) in [6.07, 6.45) is 4.58. The SMILES string of the molecule is CCC1(C(=O)O)CCCN(C(=O)CNCC2CC2)C1. The average molecular weight is 268 g/mol. The highest BCUT2D eigenvalue weighted by atomic mass is 16.4. The topological polar surface area (TPSA) is 69.6 Å². The van der Waals surface area contributed by atoms with Gasteiger partial charge in [0.05, 0.1) is 12.0 Å². The molecule has 2 aliphatic rings. The molecular formula is C14H24N2O3. The van der Waals surface area contributed by atoms with Gasteiger partial charge in [-0.25, -0.2) is 0 Å². The van der Waals surface area contributed by atoms with Crippen molar-refractivity contribution in [2.45, 2.75) is 39.0 Å². The van der Waals surface area contributed by atoms with Crippen molar-refractivity contribution >= 4 is 11.9 Å². The van der Waals surface area contributed by atoms with Crippen LogP contribution in [0.4, 0.5) is 0 Å². The zero-order valence-electron chi connectivity index (χ0n) is 11.7. The van der Waals surface area contributed by atoms with Gasteiger partial charge in [-0.05, 0) is 44.6 Å². The van der Waals surface area contributed by atoms with Gasteiger partial charge >= 0.3 is 5.97 Å². The van der Waals surface area contributed by atoms with E-state index in [0.29, 0.717) is 32.5 Å². The molecule has 0 aromatic heterocycles. The third kappa shape index (κ3) is 3.47. The molecule has 1 saturated heterocycles. The molecule has 0 radical (unpaired) electrons. The van der Waals surface area contributed by atoms with E-state index in [1.54, 1.807) is 4.90 Å². The fourth-order valence-electron chi connectivity index (χ4n) is 2.78. The molecule has 5 nitrogen and oxygen atoms in total. The number of carboxylic acids is 1. The molecule has 1 amide bonds. The third-order valence-corrected chi connectivity index (χ3v) is 4.47. The lowest BCUT2D eigenvalue weighted by molar-refractivity contribution is -0.155. The predicted molar refractivity (Wildman–Crippen MR) is 71.8 cm³/mol. The maximum atomic E-state index is 12.1. The van der Waals surface area contributed by atoms with Crippen LogP contribution in [0.3, 0.4) is 0 Å². The highest BCUT2D eigenvalue weighted by Gasteiger charge is 2.41. The van der Waals surface area contributed by atoms with Crippen LogP contribution in [0.25, 0.3) is 0 Å². The Morgan fingerprint density at radius 2 is 2.16 bits per heavy atom. The Morgan fingerprint density at radius 1 is 1.42 bits per heavy atom. The number of likely N-dealkylation sites (tertiary alicyclic amines) is 1. The Kier molecular flexibility index (Phi) is 4.45. The van der Waals surface area contributed by atoms with Crippen molar-refractivity contribution in [3.63, 3.8) is 0 Å². The number of hydrogen-bond donors (Lipinski definition) is 2. The van der Waals surface area contributed by atoms with E-state index in [-0.39, 0.29) is 5.91 Å². The van der Waals surface area contributed by atoms with Gasteiger partial charge in [0, 0.05) is 13.1 Å². The van der Waals surface area contributed by atoms with Crippen LogP contribution in [-0.2, 0) is 9.59 Å². The van der Waals surface area contributed by atoms with Crippen molar-refractivity contribution in [1.29, 1.82) is 0 Å². The second kappa shape index (κ2) is 5.90. The van der Waals surface area contributed by atoms with Crippen molar-refractivity contribution in [3.05, 3.63) is 0 Å². The van der Waals surface area contributed by atoms with E-state index in [2.05, 4.69) is 5.32 Å². The first-order chi connectivity index (χ1) is 9.07. The van der Waals surface area contributed by atoms with Crippen molar-refractivity contribution in [2.75, 3.05) is 26.2 Å². The highest BCUT2D eigenvalue weighted by Crippen LogP contribution is 2.33. The maximum absolute atomic E-state index is 12.1. The Bertz CT molecular complexity index is 355. The number of nitrogens with zero attached hydrogens (tertiary/aromatic N) is 1. The Hall–Kier alpha value is -1.10. The number of amides is 1. The number of carbonyl (C=O) groups is 2. The molecule has 0 spiro atoms. The van der Waals surface area contributed by atoms with Crippen LogP contribution >= 0.6 is 0 Å². The lowest BCUT2D eigenvalue weighted by Gasteiger charge is -2.39. The molecule has 0 aromatic carbocycles. The fourth-order valence-corrected chi connectivity index (χ4v) is 2.78. The summed E-state index contributed by atoms with van der Waals surface area (Å²) in [5, 5.41) is 12.6. The zero-order valence-corrected chi connectivity index (χ0v) is 11.7. The molecule has 2 N–H and O–H groups in total. The Labute approximate surface area is 114 Å². The smallest absolute Gasteiger partial charge is 0.311 e. The van der Waals surface area contributed by atoms with Crippen LogP contribution in [0.1, 0.15) is 39.0 Å². The maximum Gasteiger partial charge on any atom is 0.311 e. The number of rotatable bonds is 6. The third-order valence-electron chi connectivity index (χ3n) is 4.47. The molecule has 1 heterocycles. The van der Waals surface area contributed by atoms with Gasteiger partial charge in [0.1, 0.15) is 0 Å². The standard InChI is InChI=1S/C14H24N2O3/c1-2-14(13(18)19)6-3-7-16(10-14)12(17)9-15-8-11-4-5-11/h11,15H,2-10H2,1H3,(H,18,19). The molecule has 0 aromatic rings. The van der Waals surface area contributed by atoms with Crippen LogP contribution < -0.4 is 5.32 Å². The largest absolute Gasteiger partial charge is 0.481 e. The van der Waals surface area contributed by atoms with Gasteiger partial charge < -0.3 is 15.3 Å². The lowest BCUT2D eigenvalue weighted by Crippen LogP contribution is -2.51. The Balaban J connectivity index is 1.84.